The van der Waals surface area contributed by atoms with Crippen molar-refractivity contribution in [2.75, 3.05) is 32.5 Å². The first-order valence-electron chi connectivity index (χ1n) is 5.94. The number of likely N-dealkylation sites (tertiary alicyclic amines) is 1. The van der Waals surface area contributed by atoms with E-state index in [1.165, 1.54) is 18.2 Å². The number of nitrogens with two attached hydrogens (primary N) is 1. The van der Waals surface area contributed by atoms with Crippen LogP contribution in [0.15, 0.2) is 18.2 Å². The average Bonchev–Trinajstić information content (AvgIpc) is 2.76. The molecule has 0 aromatic heterocycles. The molecule has 1 aromatic carbocycles. The lowest BCUT2D eigenvalue weighted by molar-refractivity contribution is 0.0775. The fraction of sp³-hybridized carbons (Fsp3) is 0.462. The lowest BCUT2D eigenvalue weighted by Gasteiger charge is -2.16. The summed E-state index contributed by atoms with van der Waals surface area (Å²) in [5, 5.41) is 0. The van der Waals surface area contributed by atoms with Gasteiger partial charge in [-0.25, -0.2) is 4.39 Å². The molecule has 1 unspecified atom stereocenters. The Balaban J connectivity index is 2.08. The number of anilines is 1. The van der Waals surface area contributed by atoms with Gasteiger partial charge in [-0.1, -0.05) is 0 Å². The molecule has 0 spiro atoms. The van der Waals surface area contributed by atoms with Gasteiger partial charge in [0, 0.05) is 37.4 Å². The molecule has 0 bridgehead atoms. The van der Waals surface area contributed by atoms with Gasteiger partial charge < -0.3 is 15.4 Å². The molecule has 18 heavy (non-hydrogen) atoms. The molecular formula is C13H17FN2O2. The summed E-state index contributed by atoms with van der Waals surface area (Å²) in [6.07, 6.45) is 0.921. The Morgan fingerprint density at radius 3 is 3.00 bits per heavy atom. The summed E-state index contributed by atoms with van der Waals surface area (Å²) in [5.74, 6) is -0.282. The number of carbonyl (C=O) groups is 1. The SMILES string of the molecule is COCC1CCN(C(=O)c2cc(N)cc(F)c2)C1. The Bertz CT molecular complexity index is 430. The number of rotatable bonds is 3. The number of methoxy groups -OCH3 is 1. The minimum absolute atomic E-state index is 0.167. The maximum Gasteiger partial charge on any atom is 0.254 e. The van der Waals surface area contributed by atoms with E-state index in [2.05, 4.69) is 0 Å². The number of benzene rings is 1. The maximum absolute atomic E-state index is 13.2. The summed E-state index contributed by atoms with van der Waals surface area (Å²) in [5.41, 5.74) is 6.12. The first-order chi connectivity index (χ1) is 8.60. The molecule has 2 N–H and O–H groups in total. The molecule has 2 rings (SSSR count). The fourth-order valence-corrected chi connectivity index (χ4v) is 2.31. The third-order valence-corrected chi connectivity index (χ3v) is 3.14. The Morgan fingerprint density at radius 1 is 1.56 bits per heavy atom. The minimum Gasteiger partial charge on any atom is -0.399 e. The second kappa shape index (κ2) is 5.35. The van der Waals surface area contributed by atoms with Crippen molar-refractivity contribution < 1.29 is 13.9 Å². The lowest BCUT2D eigenvalue weighted by atomic mass is 10.1. The number of carbonyl (C=O) groups excluding carboxylic acids is 1. The van der Waals surface area contributed by atoms with Crippen molar-refractivity contribution in [3.63, 3.8) is 0 Å². The Labute approximate surface area is 106 Å². The van der Waals surface area contributed by atoms with E-state index in [0.29, 0.717) is 31.2 Å². The lowest BCUT2D eigenvalue weighted by Crippen LogP contribution is -2.29. The normalized spacial score (nSPS) is 19.2. The number of halogens is 1. The summed E-state index contributed by atoms with van der Waals surface area (Å²) < 4.78 is 18.3. The van der Waals surface area contributed by atoms with Gasteiger partial charge in [0.15, 0.2) is 0 Å². The zero-order chi connectivity index (χ0) is 13.1. The predicted molar refractivity (Wildman–Crippen MR) is 66.7 cm³/mol. The molecule has 1 saturated heterocycles. The largest absolute Gasteiger partial charge is 0.399 e. The number of ether oxygens (including phenoxy) is 1. The van der Waals surface area contributed by atoms with Crippen LogP contribution in [0.2, 0.25) is 0 Å². The molecule has 4 nitrogen and oxygen atoms in total. The molecular weight excluding hydrogens is 235 g/mol. The molecule has 0 aliphatic carbocycles. The number of hydrogen-bond acceptors (Lipinski definition) is 3. The highest BCUT2D eigenvalue weighted by Crippen LogP contribution is 2.20. The van der Waals surface area contributed by atoms with Crippen LogP contribution in [-0.2, 0) is 4.74 Å². The smallest absolute Gasteiger partial charge is 0.254 e. The Kier molecular flexibility index (Phi) is 3.81. The fourth-order valence-electron chi connectivity index (χ4n) is 2.31. The second-order valence-corrected chi connectivity index (χ2v) is 4.63. The van der Waals surface area contributed by atoms with Crippen LogP contribution in [0.5, 0.6) is 0 Å². The van der Waals surface area contributed by atoms with Crippen molar-refractivity contribution in [1.82, 2.24) is 4.90 Å². The molecule has 0 saturated carbocycles. The van der Waals surface area contributed by atoms with Gasteiger partial charge in [-0.2, -0.15) is 0 Å². The van der Waals surface area contributed by atoms with E-state index in [-0.39, 0.29) is 11.6 Å². The van der Waals surface area contributed by atoms with E-state index in [4.69, 9.17) is 10.5 Å². The highest BCUT2D eigenvalue weighted by atomic mass is 19.1. The van der Waals surface area contributed by atoms with Gasteiger partial charge in [-0.15, -0.1) is 0 Å². The third kappa shape index (κ3) is 2.79. The van der Waals surface area contributed by atoms with Crippen LogP contribution in [0.25, 0.3) is 0 Å². The third-order valence-electron chi connectivity index (χ3n) is 3.14. The van der Waals surface area contributed by atoms with Crippen LogP contribution >= 0.6 is 0 Å². The van der Waals surface area contributed by atoms with Crippen molar-refractivity contribution in [2.24, 2.45) is 5.92 Å². The predicted octanol–water partition coefficient (Wildman–Crippen LogP) is 1.52. The average molecular weight is 252 g/mol. The molecule has 98 valence electrons. The molecule has 1 aliphatic heterocycles. The first kappa shape index (κ1) is 12.8. The van der Waals surface area contributed by atoms with Gasteiger partial charge in [0.05, 0.1) is 6.61 Å². The van der Waals surface area contributed by atoms with Crippen molar-refractivity contribution in [3.8, 4) is 0 Å². The standard InChI is InChI=1S/C13H17FN2O2/c1-18-8-9-2-3-16(7-9)13(17)10-4-11(14)6-12(15)5-10/h4-6,9H,2-3,7-8,15H2,1H3. The summed E-state index contributed by atoms with van der Waals surface area (Å²) in [4.78, 5) is 13.9. The highest BCUT2D eigenvalue weighted by Gasteiger charge is 2.27. The highest BCUT2D eigenvalue weighted by molar-refractivity contribution is 5.95. The maximum atomic E-state index is 13.2. The molecule has 1 atom stereocenters. The van der Waals surface area contributed by atoms with Crippen molar-refractivity contribution in [2.45, 2.75) is 6.42 Å². The van der Waals surface area contributed by atoms with E-state index < -0.39 is 5.82 Å². The van der Waals surface area contributed by atoms with Gasteiger partial charge in [-0.3, -0.25) is 4.79 Å². The van der Waals surface area contributed by atoms with Gasteiger partial charge in [0.25, 0.3) is 5.91 Å². The molecule has 1 heterocycles. The number of nitrogen functional groups attached to an aromatic ring is 1. The molecule has 1 aromatic rings. The number of amides is 1. The minimum atomic E-state index is -0.481. The van der Waals surface area contributed by atoms with Crippen LogP contribution in [0.4, 0.5) is 10.1 Å². The summed E-state index contributed by atoms with van der Waals surface area (Å²) in [6.45, 7) is 1.99. The van der Waals surface area contributed by atoms with Crippen LogP contribution in [0, 0.1) is 11.7 Å². The van der Waals surface area contributed by atoms with Gasteiger partial charge >= 0.3 is 0 Å². The Hall–Kier alpha value is -1.62. The zero-order valence-corrected chi connectivity index (χ0v) is 10.4. The summed E-state index contributed by atoms with van der Waals surface area (Å²) in [7, 11) is 1.65. The molecule has 1 amide bonds. The first-order valence-corrected chi connectivity index (χ1v) is 5.94. The van der Waals surface area contributed by atoms with Crippen molar-refractivity contribution in [3.05, 3.63) is 29.6 Å². The summed E-state index contributed by atoms with van der Waals surface area (Å²) >= 11 is 0. The van der Waals surface area contributed by atoms with Crippen LogP contribution < -0.4 is 5.73 Å². The van der Waals surface area contributed by atoms with E-state index in [9.17, 15) is 9.18 Å². The van der Waals surface area contributed by atoms with Crippen molar-refractivity contribution >= 4 is 11.6 Å². The quantitative estimate of drug-likeness (QED) is 0.830. The summed E-state index contributed by atoms with van der Waals surface area (Å²) in [6, 6.07) is 3.94. The van der Waals surface area contributed by atoms with Crippen LogP contribution in [-0.4, -0.2) is 37.6 Å². The van der Waals surface area contributed by atoms with Crippen molar-refractivity contribution in [1.29, 1.82) is 0 Å². The van der Waals surface area contributed by atoms with E-state index in [1.807, 2.05) is 0 Å². The van der Waals surface area contributed by atoms with E-state index in [1.54, 1.807) is 12.0 Å². The van der Waals surface area contributed by atoms with Gasteiger partial charge in [0.1, 0.15) is 5.82 Å². The molecule has 0 radical (unpaired) electrons. The van der Waals surface area contributed by atoms with Gasteiger partial charge in [-0.05, 0) is 24.6 Å². The Morgan fingerprint density at radius 2 is 2.33 bits per heavy atom. The van der Waals surface area contributed by atoms with E-state index in [0.717, 1.165) is 6.42 Å². The zero-order valence-electron chi connectivity index (χ0n) is 10.4. The number of hydrogen-bond donors (Lipinski definition) is 1. The van der Waals surface area contributed by atoms with Crippen LogP contribution in [0.1, 0.15) is 16.8 Å². The topological polar surface area (TPSA) is 55.6 Å². The van der Waals surface area contributed by atoms with Crippen LogP contribution in [0.3, 0.4) is 0 Å². The van der Waals surface area contributed by atoms with Gasteiger partial charge in [0.2, 0.25) is 0 Å². The van der Waals surface area contributed by atoms with E-state index >= 15 is 0 Å². The molecule has 5 heteroatoms. The molecule has 1 aliphatic rings. The number of nitrogens with zero attached hydrogens (tertiary/aromatic N) is 1. The molecule has 1 fully saturated rings. The monoisotopic (exact) mass is 252 g/mol. The second-order valence-electron chi connectivity index (χ2n) is 4.63.